The maximum absolute atomic E-state index is 12.9. The average Bonchev–Trinajstić information content (AvgIpc) is 3.41. The number of methoxy groups -OCH3 is 1. The number of amides is 1. The standard InChI is InChI=1S/C19H24N4O2/c1-25-17-9-15-14(8-13(17)11-2-3-11)18(22-21-15)19(24)20-16-10-23-6-4-12(16)5-7-23/h8-9,11-12,16H,2-7,10H2,1H3,(H,20,24)(H,21,22)/t16-/m1/s1. The summed E-state index contributed by atoms with van der Waals surface area (Å²) in [6.45, 7) is 3.32. The molecule has 4 fully saturated rings. The number of nitrogens with one attached hydrogen (secondary N) is 2. The number of hydrogen-bond donors (Lipinski definition) is 2. The fourth-order valence-electron chi connectivity index (χ4n) is 4.49. The van der Waals surface area contributed by atoms with E-state index in [9.17, 15) is 4.79 Å². The van der Waals surface area contributed by atoms with Crippen LogP contribution in [0.2, 0.25) is 0 Å². The molecule has 0 unspecified atom stereocenters. The topological polar surface area (TPSA) is 70.2 Å². The number of aromatic amines is 1. The molecule has 2 N–H and O–H groups in total. The van der Waals surface area contributed by atoms with Crippen molar-refractivity contribution < 1.29 is 9.53 Å². The lowest BCUT2D eigenvalue weighted by molar-refractivity contribution is 0.0618. The maximum Gasteiger partial charge on any atom is 0.272 e. The molecule has 0 spiro atoms. The van der Waals surface area contributed by atoms with Gasteiger partial charge in [0.15, 0.2) is 5.69 Å². The van der Waals surface area contributed by atoms with E-state index >= 15 is 0 Å². The largest absolute Gasteiger partial charge is 0.496 e. The van der Waals surface area contributed by atoms with Crippen LogP contribution in [0.1, 0.15) is 47.7 Å². The van der Waals surface area contributed by atoms with Crippen molar-refractivity contribution in [2.45, 2.75) is 37.6 Å². The quantitative estimate of drug-likeness (QED) is 0.896. The molecule has 1 saturated carbocycles. The van der Waals surface area contributed by atoms with E-state index < -0.39 is 0 Å². The van der Waals surface area contributed by atoms with Gasteiger partial charge in [-0.15, -0.1) is 0 Å². The second kappa shape index (κ2) is 5.73. The minimum Gasteiger partial charge on any atom is -0.496 e. The van der Waals surface area contributed by atoms with Gasteiger partial charge in [0.1, 0.15) is 5.75 Å². The SMILES string of the molecule is COc1cc2[nH]nc(C(=O)N[C@@H]3CN4CCC3CC4)c2cc1C1CC1. The average molecular weight is 340 g/mol. The van der Waals surface area contributed by atoms with Crippen molar-refractivity contribution in [1.29, 1.82) is 0 Å². The highest BCUT2D eigenvalue weighted by Crippen LogP contribution is 2.45. The van der Waals surface area contributed by atoms with E-state index in [0.29, 0.717) is 17.5 Å². The van der Waals surface area contributed by atoms with Gasteiger partial charge in [-0.05, 0) is 62.2 Å². The van der Waals surface area contributed by atoms with Crippen LogP contribution in [0.25, 0.3) is 10.9 Å². The highest BCUT2D eigenvalue weighted by Gasteiger charge is 2.35. The zero-order chi connectivity index (χ0) is 17.0. The van der Waals surface area contributed by atoms with Crippen LogP contribution in [-0.2, 0) is 0 Å². The number of hydrogen-bond acceptors (Lipinski definition) is 4. The van der Waals surface area contributed by atoms with Gasteiger partial charge < -0.3 is 15.0 Å². The molecule has 1 amide bonds. The number of piperidine rings is 3. The van der Waals surface area contributed by atoms with Crippen molar-refractivity contribution in [3.05, 3.63) is 23.4 Å². The Morgan fingerprint density at radius 1 is 1.28 bits per heavy atom. The van der Waals surface area contributed by atoms with Crippen molar-refractivity contribution in [2.75, 3.05) is 26.7 Å². The Kier molecular flexibility index (Phi) is 3.48. The molecule has 3 aliphatic heterocycles. The summed E-state index contributed by atoms with van der Waals surface area (Å²) < 4.78 is 5.53. The van der Waals surface area contributed by atoms with E-state index in [1.807, 2.05) is 6.07 Å². The molecule has 4 heterocycles. The molecule has 4 aliphatic rings. The molecule has 1 aliphatic carbocycles. The van der Waals surface area contributed by atoms with Crippen LogP contribution in [0.3, 0.4) is 0 Å². The summed E-state index contributed by atoms with van der Waals surface area (Å²) in [5, 5.41) is 11.5. The number of carbonyl (C=O) groups is 1. The number of benzene rings is 1. The maximum atomic E-state index is 12.9. The van der Waals surface area contributed by atoms with Crippen LogP contribution in [0.15, 0.2) is 12.1 Å². The van der Waals surface area contributed by atoms with Crippen LogP contribution in [0.4, 0.5) is 0 Å². The van der Waals surface area contributed by atoms with Gasteiger partial charge in [0, 0.05) is 24.0 Å². The van der Waals surface area contributed by atoms with Gasteiger partial charge in [-0.2, -0.15) is 5.10 Å². The second-order valence-electron chi connectivity index (χ2n) is 7.70. The highest BCUT2D eigenvalue weighted by atomic mass is 16.5. The first-order chi connectivity index (χ1) is 12.2. The van der Waals surface area contributed by atoms with Crippen LogP contribution >= 0.6 is 0 Å². The zero-order valence-electron chi connectivity index (χ0n) is 14.5. The molecule has 25 heavy (non-hydrogen) atoms. The van der Waals surface area contributed by atoms with Crippen LogP contribution in [0, 0.1) is 5.92 Å². The Balaban J connectivity index is 1.44. The number of ether oxygens (including phenoxy) is 1. The van der Waals surface area contributed by atoms with E-state index in [2.05, 4.69) is 26.5 Å². The molecule has 6 nitrogen and oxygen atoms in total. The van der Waals surface area contributed by atoms with Crippen molar-refractivity contribution in [3.8, 4) is 5.75 Å². The molecule has 132 valence electrons. The third kappa shape index (κ3) is 2.59. The minimum atomic E-state index is -0.0584. The number of H-pyrrole nitrogens is 1. The Bertz CT molecular complexity index is 818. The molecule has 1 atom stereocenters. The van der Waals surface area contributed by atoms with Gasteiger partial charge in [0.2, 0.25) is 0 Å². The van der Waals surface area contributed by atoms with Gasteiger partial charge in [-0.3, -0.25) is 9.89 Å². The lowest BCUT2D eigenvalue weighted by Gasteiger charge is -2.44. The van der Waals surface area contributed by atoms with E-state index in [1.54, 1.807) is 7.11 Å². The highest BCUT2D eigenvalue weighted by molar-refractivity contribution is 6.05. The predicted molar refractivity (Wildman–Crippen MR) is 95.0 cm³/mol. The Hall–Kier alpha value is -2.08. The molecule has 2 aromatic rings. The predicted octanol–water partition coefficient (Wildman–Crippen LogP) is 2.27. The van der Waals surface area contributed by atoms with Gasteiger partial charge in [-0.1, -0.05) is 0 Å². The van der Waals surface area contributed by atoms with Crippen molar-refractivity contribution in [1.82, 2.24) is 20.4 Å². The fraction of sp³-hybridized carbons (Fsp3) is 0.579. The monoisotopic (exact) mass is 340 g/mol. The molecule has 0 radical (unpaired) electrons. The molecule has 2 bridgehead atoms. The molecular weight excluding hydrogens is 316 g/mol. The van der Waals surface area contributed by atoms with E-state index in [0.717, 1.165) is 23.2 Å². The smallest absolute Gasteiger partial charge is 0.272 e. The lowest BCUT2D eigenvalue weighted by atomic mass is 9.84. The van der Waals surface area contributed by atoms with E-state index in [1.165, 1.54) is 44.3 Å². The Morgan fingerprint density at radius 3 is 2.72 bits per heavy atom. The summed E-state index contributed by atoms with van der Waals surface area (Å²) in [5.41, 5.74) is 2.57. The van der Waals surface area contributed by atoms with Crippen LogP contribution < -0.4 is 10.1 Å². The summed E-state index contributed by atoms with van der Waals surface area (Å²) in [7, 11) is 1.70. The zero-order valence-corrected chi connectivity index (χ0v) is 14.5. The van der Waals surface area contributed by atoms with E-state index in [4.69, 9.17) is 4.74 Å². The third-order valence-electron chi connectivity index (χ3n) is 6.12. The summed E-state index contributed by atoms with van der Waals surface area (Å²) in [5.74, 6) is 2.01. The van der Waals surface area contributed by atoms with Crippen molar-refractivity contribution in [3.63, 3.8) is 0 Å². The summed E-state index contributed by atoms with van der Waals surface area (Å²) >= 11 is 0. The normalized spacial score (nSPS) is 28.3. The first-order valence-corrected chi connectivity index (χ1v) is 9.32. The van der Waals surface area contributed by atoms with Gasteiger partial charge in [0.05, 0.1) is 12.6 Å². The Morgan fingerprint density at radius 2 is 2.08 bits per heavy atom. The lowest BCUT2D eigenvalue weighted by Crippen LogP contribution is -2.57. The molecule has 1 aromatic heterocycles. The number of nitrogens with zero attached hydrogens (tertiary/aromatic N) is 2. The third-order valence-corrected chi connectivity index (χ3v) is 6.12. The second-order valence-corrected chi connectivity index (χ2v) is 7.70. The van der Waals surface area contributed by atoms with Gasteiger partial charge in [0.25, 0.3) is 5.91 Å². The number of carbonyl (C=O) groups excluding carboxylic acids is 1. The Labute approximate surface area is 146 Å². The number of rotatable bonds is 4. The van der Waals surface area contributed by atoms with Gasteiger partial charge in [-0.25, -0.2) is 0 Å². The molecular formula is C19H24N4O2. The molecule has 1 aromatic carbocycles. The van der Waals surface area contributed by atoms with Crippen LogP contribution in [0.5, 0.6) is 5.75 Å². The van der Waals surface area contributed by atoms with Crippen LogP contribution in [-0.4, -0.2) is 53.8 Å². The van der Waals surface area contributed by atoms with E-state index in [-0.39, 0.29) is 11.9 Å². The number of aromatic nitrogens is 2. The molecule has 6 heteroatoms. The molecule has 6 rings (SSSR count). The minimum absolute atomic E-state index is 0.0584. The molecule has 3 saturated heterocycles. The van der Waals surface area contributed by atoms with Gasteiger partial charge >= 0.3 is 0 Å². The summed E-state index contributed by atoms with van der Waals surface area (Å²) in [4.78, 5) is 15.3. The van der Waals surface area contributed by atoms with Crippen molar-refractivity contribution >= 4 is 16.8 Å². The number of fused-ring (bicyclic) bond motifs is 4. The fourth-order valence-corrected chi connectivity index (χ4v) is 4.49. The summed E-state index contributed by atoms with van der Waals surface area (Å²) in [6.07, 6.45) is 4.77. The summed E-state index contributed by atoms with van der Waals surface area (Å²) in [6, 6.07) is 4.32. The first kappa shape index (κ1) is 15.2. The van der Waals surface area contributed by atoms with Crippen molar-refractivity contribution in [2.24, 2.45) is 5.92 Å². The first-order valence-electron chi connectivity index (χ1n) is 9.32.